The van der Waals surface area contributed by atoms with Gasteiger partial charge in [0.05, 0.1) is 0 Å². The number of carboxylic acid groups (broad SMARTS) is 3. The minimum absolute atomic E-state index is 0.00348. The fraction of sp³-hybridized carbons (Fsp3) is 0.385. The van der Waals surface area contributed by atoms with Gasteiger partial charge in [0.2, 0.25) is 5.91 Å². The molecule has 13 nitrogen and oxygen atoms in total. The van der Waals surface area contributed by atoms with Gasteiger partial charge in [0, 0.05) is 42.0 Å². The van der Waals surface area contributed by atoms with Gasteiger partial charge >= 0.3 is 23.9 Å². The average molecular weight is 670 g/mol. The number of halogens is 1. The molecule has 216 valence electrons. The van der Waals surface area contributed by atoms with Gasteiger partial charge < -0.3 is 36.6 Å². The Morgan fingerprint density at radius 1 is 0.750 bits per heavy atom. The molecule has 14 heteroatoms. The lowest BCUT2D eigenvalue weighted by Gasteiger charge is -2.19. The molecule has 2 rings (SSSR count). The van der Waals surface area contributed by atoms with Crippen LogP contribution in [0.3, 0.4) is 0 Å². The van der Waals surface area contributed by atoms with Gasteiger partial charge in [0.25, 0.3) is 3.91 Å². The third-order valence-electron chi connectivity index (χ3n) is 5.93. The molecule has 2 aromatic carbocycles. The molecule has 0 saturated carbocycles. The molecule has 0 radical (unpaired) electrons. The van der Waals surface area contributed by atoms with Gasteiger partial charge in [0.1, 0.15) is 18.1 Å². The second kappa shape index (κ2) is 16.2. The highest BCUT2D eigenvalue weighted by Gasteiger charge is 2.25. The summed E-state index contributed by atoms with van der Waals surface area (Å²) in [6, 6.07) is 8.87. The molecule has 0 spiro atoms. The van der Waals surface area contributed by atoms with Crippen LogP contribution in [0, 0.1) is 0 Å². The summed E-state index contributed by atoms with van der Waals surface area (Å²) in [5.41, 5.74) is 0.866. The van der Waals surface area contributed by atoms with Crippen molar-refractivity contribution in [3.05, 3.63) is 48.0 Å². The fourth-order valence-corrected chi connectivity index (χ4v) is 4.27. The van der Waals surface area contributed by atoms with Crippen LogP contribution in [0.25, 0.3) is 10.8 Å². The first-order chi connectivity index (χ1) is 19.0. The summed E-state index contributed by atoms with van der Waals surface area (Å²) in [5, 5.41) is 38.9. The van der Waals surface area contributed by atoms with E-state index in [1.807, 2.05) is 42.5 Å². The molecule has 0 aliphatic heterocycles. The molecule has 0 aromatic heterocycles. The number of carbonyl (C=O) groups excluding carboxylic acids is 3. The van der Waals surface area contributed by atoms with Gasteiger partial charge in [-0.2, -0.15) is 0 Å². The number of rotatable bonds is 16. The molecule has 4 amide bonds. The number of fused-ring (bicyclic) bond motifs is 1. The Balaban J connectivity index is 1.84. The van der Waals surface area contributed by atoms with Crippen LogP contribution in [0.1, 0.15) is 37.7 Å². The van der Waals surface area contributed by atoms with Gasteiger partial charge in [-0.3, -0.25) is 14.4 Å². The minimum Gasteiger partial charge on any atom is -0.481 e. The second-order valence-corrected chi connectivity index (χ2v) is 9.95. The first-order valence-electron chi connectivity index (χ1n) is 12.4. The van der Waals surface area contributed by atoms with Crippen LogP contribution in [-0.4, -0.2) is 73.7 Å². The molecule has 0 bridgehead atoms. The third kappa shape index (κ3) is 11.4. The molecule has 2 aromatic rings. The zero-order chi connectivity index (χ0) is 29.7. The van der Waals surface area contributed by atoms with E-state index in [0.29, 0.717) is 12.8 Å². The Morgan fingerprint density at radius 2 is 1.38 bits per heavy atom. The predicted octanol–water partition coefficient (Wildman–Crippen LogP) is 2.25. The molecule has 0 fully saturated rings. The molecule has 0 heterocycles. The third-order valence-corrected chi connectivity index (χ3v) is 6.24. The number of urea groups is 1. The van der Waals surface area contributed by atoms with Gasteiger partial charge in [-0.25, -0.2) is 14.4 Å². The van der Waals surface area contributed by atoms with Crippen molar-refractivity contribution in [3.63, 3.8) is 0 Å². The monoisotopic (exact) mass is 670 g/mol. The summed E-state index contributed by atoms with van der Waals surface area (Å²) in [5.74, 6) is -4.42. The Morgan fingerprint density at radius 3 is 1.98 bits per heavy atom. The summed E-state index contributed by atoms with van der Waals surface area (Å²) in [7, 11) is 0. The number of nitrogens with one attached hydrogen (secondary N) is 4. The van der Waals surface area contributed by atoms with E-state index in [1.54, 1.807) is 22.6 Å². The molecule has 40 heavy (non-hydrogen) atoms. The number of benzene rings is 2. The van der Waals surface area contributed by atoms with Crippen LogP contribution in [0.4, 0.5) is 9.59 Å². The number of hydrogen-bond acceptors (Lipinski definition) is 6. The summed E-state index contributed by atoms with van der Waals surface area (Å²) in [6.45, 7) is 0.193. The SMILES string of the molecule is O=C(O)CCC(NC(=O)NC(CCCCNC(=O)C(Cc1ccc2ccccc2c1)NC(=O)I)C(=O)O)C(=O)O. The van der Waals surface area contributed by atoms with Crippen LogP contribution in [0.15, 0.2) is 42.5 Å². The van der Waals surface area contributed by atoms with Crippen LogP contribution in [-0.2, 0) is 25.6 Å². The summed E-state index contributed by atoms with van der Waals surface area (Å²) in [6.07, 6.45) is 0.0835. The summed E-state index contributed by atoms with van der Waals surface area (Å²) in [4.78, 5) is 70.0. The maximum Gasteiger partial charge on any atom is 0.326 e. The normalized spacial score (nSPS) is 12.9. The highest BCUT2D eigenvalue weighted by Crippen LogP contribution is 2.17. The number of aliphatic carboxylic acids is 3. The Bertz CT molecular complexity index is 1240. The lowest BCUT2D eigenvalue weighted by atomic mass is 10.0. The molecule has 7 N–H and O–H groups in total. The largest absolute Gasteiger partial charge is 0.481 e. The Labute approximate surface area is 243 Å². The van der Waals surface area contributed by atoms with Gasteiger partial charge in [-0.05, 0) is 42.0 Å². The van der Waals surface area contributed by atoms with E-state index in [9.17, 15) is 33.9 Å². The first kappa shape index (κ1) is 32.3. The number of unbranched alkanes of at least 4 members (excludes halogenated alkanes) is 1. The standard InChI is InChI=1S/C26H31IN4O9/c27-25(39)29-20(14-15-8-9-16-5-1-2-6-17(16)13-15)22(34)28-12-4-3-7-18(23(35)36)30-26(40)31-19(24(37)38)10-11-21(32)33/h1-2,5-6,8-9,13,18-20H,3-4,7,10-12,14H2,(H,28,34)(H,29,39)(H,32,33)(H,35,36)(H,37,38)(H2,30,31,40). The molecule has 0 saturated heterocycles. The highest BCUT2D eigenvalue weighted by atomic mass is 127. The van der Waals surface area contributed by atoms with Crippen molar-refractivity contribution in [2.24, 2.45) is 0 Å². The van der Waals surface area contributed by atoms with E-state index in [1.165, 1.54) is 0 Å². The van der Waals surface area contributed by atoms with E-state index in [4.69, 9.17) is 10.2 Å². The number of amides is 4. The van der Waals surface area contributed by atoms with Crippen LogP contribution < -0.4 is 21.3 Å². The topological polar surface area (TPSA) is 211 Å². The molecular weight excluding hydrogens is 639 g/mol. The van der Waals surface area contributed by atoms with Crippen molar-refractivity contribution in [2.45, 2.75) is 56.7 Å². The lowest BCUT2D eigenvalue weighted by Crippen LogP contribution is -2.51. The average Bonchev–Trinajstić information content (AvgIpc) is 2.88. The lowest BCUT2D eigenvalue weighted by molar-refractivity contribution is -0.140. The number of carbonyl (C=O) groups is 6. The van der Waals surface area contributed by atoms with Crippen molar-refractivity contribution >= 4 is 67.1 Å². The summed E-state index contributed by atoms with van der Waals surface area (Å²) < 4.78 is -0.389. The van der Waals surface area contributed by atoms with Crippen LogP contribution >= 0.6 is 22.6 Å². The van der Waals surface area contributed by atoms with E-state index in [2.05, 4.69) is 21.3 Å². The summed E-state index contributed by atoms with van der Waals surface area (Å²) >= 11 is 1.56. The van der Waals surface area contributed by atoms with E-state index >= 15 is 0 Å². The molecule has 3 atom stereocenters. The second-order valence-electron chi connectivity index (χ2n) is 8.97. The fourth-order valence-electron chi connectivity index (χ4n) is 3.90. The zero-order valence-corrected chi connectivity index (χ0v) is 23.5. The maximum atomic E-state index is 12.8. The van der Waals surface area contributed by atoms with E-state index in [0.717, 1.165) is 16.3 Å². The zero-order valence-electron chi connectivity index (χ0n) is 21.4. The predicted molar refractivity (Wildman–Crippen MR) is 152 cm³/mol. The molecule has 3 unspecified atom stereocenters. The van der Waals surface area contributed by atoms with Crippen molar-refractivity contribution in [3.8, 4) is 0 Å². The van der Waals surface area contributed by atoms with Crippen molar-refractivity contribution in [1.29, 1.82) is 0 Å². The smallest absolute Gasteiger partial charge is 0.326 e. The van der Waals surface area contributed by atoms with Crippen molar-refractivity contribution < 1.29 is 44.1 Å². The van der Waals surface area contributed by atoms with E-state index < -0.39 is 54.4 Å². The molecular formula is C26H31IN4O9. The quantitative estimate of drug-likeness (QED) is 0.0604. The number of hydrogen-bond donors (Lipinski definition) is 7. The Kier molecular flexibility index (Phi) is 13.1. The van der Waals surface area contributed by atoms with Crippen molar-refractivity contribution in [2.75, 3.05) is 6.54 Å². The van der Waals surface area contributed by atoms with Gasteiger partial charge in [-0.1, -0.05) is 42.5 Å². The number of carboxylic acids is 3. The Hall–Kier alpha value is -3.95. The van der Waals surface area contributed by atoms with Gasteiger partial charge in [-0.15, -0.1) is 0 Å². The highest BCUT2D eigenvalue weighted by molar-refractivity contribution is 14.1. The minimum atomic E-state index is -1.49. The van der Waals surface area contributed by atoms with Crippen LogP contribution in [0.2, 0.25) is 0 Å². The first-order valence-corrected chi connectivity index (χ1v) is 13.5. The molecule has 0 aliphatic rings. The maximum absolute atomic E-state index is 12.8. The van der Waals surface area contributed by atoms with Crippen molar-refractivity contribution in [1.82, 2.24) is 21.3 Å². The molecule has 0 aliphatic carbocycles. The van der Waals surface area contributed by atoms with Crippen LogP contribution in [0.5, 0.6) is 0 Å². The van der Waals surface area contributed by atoms with Gasteiger partial charge in [0.15, 0.2) is 0 Å². The van der Waals surface area contributed by atoms with E-state index in [-0.39, 0.29) is 29.7 Å².